The number of rotatable bonds is 6. The van der Waals surface area contributed by atoms with E-state index in [1.165, 1.54) is 31.4 Å². The zero-order valence-corrected chi connectivity index (χ0v) is 24.6. The fraction of sp³-hybridized carbons (Fsp3) is 0.0800. The molecule has 1 amide bonds. The summed E-state index contributed by atoms with van der Waals surface area (Å²) >= 11 is 12.2. The average Bonchev–Trinajstić information content (AvgIpc) is 2.85. The molecule has 2 N–H and O–H groups in total. The van der Waals surface area contributed by atoms with Crippen LogP contribution in [0, 0.1) is 6.92 Å². The topological polar surface area (TPSA) is 140 Å². The van der Waals surface area contributed by atoms with E-state index in [9.17, 15) is 22.9 Å². The van der Waals surface area contributed by atoms with Crippen molar-refractivity contribution in [2.75, 3.05) is 12.4 Å². The second-order valence-corrected chi connectivity index (χ2v) is 10.1. The third kappa shape index (κ3) is 6.29. The Labute approximate surface area is 250 Å². The van der Waals surface area contributed by atoms with E-state index >= 15 is 0 Å². The molecule has 4 aromatic carbocycles. The van der Waals surface area contributed by atoms with Crippen molar-refractivity contribution in [1.29, 1.82) is 0 Å². The first-order valence-electron chi connectivity index (χ1n) is 10.6. The number of hydrogen-bond donors (Lipinski definition) is 2. The number of carbonyl (C=O) groups excluding carboxylic acids is 1. The van der Waals surface area contributed by atoms with Crippen LogP contribution in [0.25, 0.3) is 10.8 Å². The second kappa shape index (κ2) is 12.0. The molecule has 0 spiro atoms. The predicted octanol–water partition coefficient (Wildman–Crippen LogP) is 3.46. The van der Waals surface area contributed by atoms with E-state index in [1.54, 1.807) is 37.3 Å². The van der Waals surface area contributed by atoms with Gasteiger partial charge in [0, 0.05) is 22.0 Å². The van der Waals surface area contributed by atoms with Crippen LogP contribution in [0.15, 0.2) is 75.8 Å². The zero-order chi connectivity index (χ0) is 26.9. The summed E-state index contributed by atoms with van der Waals surface area (Å²) < 4.78 is 38.4. The van der Waals surface area contributed by atoms with Crippen LogP contribution in [0.2, 0.25) is 10.0 Å². The summed E-state index contributed by atoms with van der Waals surface area (Å²) in [6.45, 7) is 1.61. The molecule has 0 atom stereocenters. The maximum atomic E-state index is 13.4. The van der Waals surface area contributed by atoms with Crippen LogP contribution < -0.4 is 44.7 Å². The molecule has 0 fully saturated rings. The van der Waals surface area contributed by atoms with E-state index in [1.807, 2.05) is 0 Å². The van der Waals surface area contributed by atoms with Gasteiger partial charge in [0.1, 0.15) is 16.3 Å². The van der Waals surface area contributed by atoms with Gasteiger partial charge < -0.3 is 15.2 Å². The number of nitrogens with one attached hydrogen (secondary N) is 1. The minimum Gasteiger partial charge on any atom is -0.870 e. The molecule has 38 heavy (non-hydrogen) atoms. The number of anilines is 1. The number of methoxy groups -OCH3 is 1. The minimum absolute atomic E-state index is 0. The van der Waals surface area contributed by atoms with Crippen LogP contribution in [0.1, 0.15) is 15.9 Å². The van der Waals surface area contributed by atoms with Gasteiger partial charge in [0.2, 0.25) is 0 Å². The Kier molecular flexibility index (Phi) is 9.43. The van der Waals surface area contributed by atoms with Gasteiger partial charge >= 0.3 is 29.6 Å². The maximum absolute atomic E-state index is 13.4. The molecule has 0 aliphatic heterocycles. The molecule has 4 rings (SSSR count). The van der Waals surface area contributed by atoms with Crippen LogP contribution >= 0.6 is 23.2 Å². The Balaban J connectivity index is 0.00000400. The first kappa shape index (κ1) is 29.9. The minimum atomic E-state index is -4.70. The third-order valence-corrected chi connectivity index (χ3v) is 7.02. The normalized spacial score (nSPS) is 11.4. The molecular weight excluding hydrogens is 564 g/mol. The first-order valence-corrected chi connectivity index (χ1v) is 12.8. The molecule has 0 heterocycles. The molecule has 0 aromatic heterocycles. The molecular formula is C25H18Cl2N3NaO6S. The zero-order valence-electron chi connectivity index (χ0n) is 20.3. The maximum Gasteiger partial charge on any atom is 1.00 e. The fourth-order valence-electron chi connectivity index (χ4n) is 3.53. The van der Waals surface area contributed by atoms with E-state index < -0.39 is 26.7 Å². The number of carbonyl (C=O) groups is 1. The van der Waals surface area contributed by atoms with E-state index in [4.69, 9.17) is 27.9 Å². The molecule has 190 valence electrons. The summed E-state index contributed by atoms with van der Waals surface area (Å²) in [7, 11) is -3.22. The SMILES string of the molecule is COc1ccc(NC(=O)c2cc3ccccc3c(N=Nc3cc(C)c(Cl)cc3S(=O)(=O)O)c2[O-])c(Cl)c1.[Na+]. The van der Waals surface area contributed by atoms with Crippen molar-refractivity contribution in [1.82, 2.24) is 0 Å². The van der Waals surface area contributed by atoms with Crippen molar-refractivity contribution < 1.29 is 57.2 Å². The van der Waals surface area contributed by atoms with Gasteiger partial charge in [-0.2, -0.15) is 13.5 Å². The number of azo groups is 1. The Bertz CT molecular complexity index is 1700. The number of halogens is 2. The number of hydrogen-bond acceptors (Lipinski definition) is 7. The second-order valence-electron chi connectivity index (χ2n) is 7.87. The largest absolute Gasteiger partial charge is 1.00 e. The van der Waals surface area contributed by atoms with Crippen LogP contribution in [0.3, 0.4) is 0 Å². The third-order valence-electron chi connectivity index (χ3n) is 5.42. The fourth-order valence-corrected chi connectivity index (χ4v) is 4.60. The number of aryl methyl sites for hydroxylation is 1. The molecule has 0 saturated carbocycles. The molecule has 0 bridgehead atoms. The van der Waals surface area contributed by atoms with Gasteiger partial charge in [-0.1, -0.05) is 53.2 Å². The van der Waals surface area contributed by atoms with Crippen molar-refractivity contribution >= 4 is 67.1 Å². The quantitative estimate of drug-likeness (QED) is 0.203. The van der Waals surface area contributed by atoms with Crippen LogP contribution in [-0.2, 0) is 10.1 Å². The van der Waals surface area contributed by atoms with Gasteiger partial charge in [0.15, 0.2) is 0 Å². The van der Waals surface area contributed by atoms with Crippen LogP contribution in [0.5, 0.6) is 11.5 Å². The van der Waals surface area contributed by atoms with Gasteiger partial charge in [-0.15, -0.1) is 5.11 Å². The molecule has 9 nitrogen and oxygen atoms in total. The van der Waals surface area contributed by atoms with Gasteiger partial charge in [-0.3, -0.25) is 9.35 Å². The van der Waals surface area contributed by atoms with E-state index in [0.717, 1.165) is 6.07 Å². The van der Waals surface area contributed by atoms with Crippen LogP contribution in [-0.4, -0.2) is 26.0 Å². The molecule has 0 saturated heterocycles. The van der Waals surface area contributed by atoms with Crippen LogP contribution in [0.4, 0.5) is 17.1 Å². The number of amides is 1. The van der Waals surface area contributed by atoms with E-state index in [-0.39, 0.29) is 62.2 Å². The number of ether oxygens (including phenoxy) is 1. The van der Waals surface area contributed by atoms with Gasteiger partial charge in [-0.05, 0) is 48.2 Å². The summed E-state index contributed by atoms with van der Waals surface area (Å²) in [5, 5.41) is 25.1. The van der Waals surface area contributed by atoms with E-state index in [0.29, 0.717) is 22.1 Å². The standard InChI is InChI=1S/C25H19Cl2N3O6S.Na/c1-13-9-21(22(12-18(13)26)37(33,34)35)29-30-23-16-6-4-3-5-14(16)10-17(24(23)31)25(32)28-20-8-7-15(36-2)11-19(20)27;/h3-12,31H,1-2H3,(H,28,32)(H,33,34,35);/q;+1/p-1. The molecule has 0 aliphatic rings. The predicted molar refractivity (Wildman–Crippen MR) is 140 cm³/mol. The Morgan fingerprint density at radius 1 is 1.03 bits per heavy atom. The summed E-state index contributed by atoms with van der Waals surface area (Å²) in [4.78, 5) is 12.5. The smallest absolute Gasteiger partial charge is 0.870 e. The van der Waals surface area contributed by atoms with Crippen molar-refractivity contribution in [2.24, 2.45) is 10.2 Å². The summed E-state index contributed by atoms with van der Waals surface area (Å²) in [6.07, 6.45) is 0. The molecule has 13 heteroatoms. The molecule has 4 aromatic rings. The van der Waals surface area contributed by atoms with E-state index in [2.05, 4.69) is 15.5 Å². The molecule has 0 radical (unpaired) electrons. The summed E-state index contributed by atoms with van der Waals surface area (Å²) in [6, 6.07) is 15.1. The summed E-state index contributed by atoms with van der Waals surface area (Å²) in [5.41, 5.74) is 0.0740. The Morgan fingerprint density at radius 3 is 2.39 bits per heavy atom. The van der Waals surface area contributed by atoms with Gasteiger partial charge in [0.05, 0.1) is 23.5 Å². The van der Waals surface area contributed by atoms with Crippen molar-refractivity contribution in [3.8, 4) is 11.5 Å². The Morgan fingerprint density at radius 2 is 1.74 bits per heavy atom. The molecule has 0 aliphatic carbocycles. The Hall–Kier alpha value is -2.70. The number of benzene rings is 4. The van der Waals surface area contributed by atoms with Crippen molar-refractivity contribution in [3.63, 3.8) is 0 Å². The number of fused-ring (bicyclic) bond motifs is 1. The van der Waals surface area contributed by atoms with Crippen molar-refractivity contribution in [2.45, 2.75) is 11.8 Å². The van der Waals surface area contributed by atoms with Crippen molar-refractivity contribution in [3.05, 3.63) is 81.8 Å². The number of nitrogens with zero attached hydrogens (tertiary/aromatic N) is 2. The first-order chi connectivity index (χ1) is 17.5. The monoisotopic (exact) mass is 581 g/mol. The van der Waals surface area contributed by atoms with Gasteiger partial charge in [0.25, 0.3) is 16.0 Å². The average molecular weight is 582 g/mol. The molecule has 0 unspecified atom stereocenters. The van der Waals surface area contributed by atoms with Gasteiger partial charge in [-0.25, -0.2) is 0 Å². The summed E-state index contributed by atoms with van der Waals surface area (Å²) in [5.74, 6) is -0.994.